The van der Waals surface area contributed by atoms with E-state index < -0.39 is 7.12 Å². The van der Waals surface area contributed by atoms with Crippen molar-refractivity contribution in [3.8, 4) is 0 Å². The van der Waals surface area contributed by atoms with E-state index in [1.54, 1.807) is 6.07 Å². The van der Waals surface area contributed by atoms with Crippen LogP contribution in [0, 0.1) is 5.41 Å². The van der Waals surface area contributed by atoms with Crippen molar-refractivity contribution < 1.29 is 10.0 Å². The molecule has 1 saturated heterocycles. The number of rotatable bonds is 5. The summed E-state index contributed by atoms with van der Waals surface area (Å²) in [4.78, 5) is 2.48. The van der Waals surface area contributed by atoms with Gasteiger partial charge in [0.2, 0.25) is 0 Å². The van der Waals surface area contributed by atoms with Gasteiger partial charge in [0.05, 0.1) is 0 Å². The first-order chi connectivity index (χ1) is 9.58. The normalized spacial score (nSPS) is 19.0. The predicted molar refractivity (Wildman–Crippen MR) is 83.8 cm³/mol. The standard InChI is InChI=1S/C16H26BNO2/c1-3-16(4-2)8-10-18(11-9-16)13-14-6-5-7-15(12-14)17(19)20/h5-7,12,19-20H,3-4,8-11,13H2,1-2H3. The van der Waals surface area contributed by atoms with Crippen LogP contribution in [0.2, 0.25) is 0 Å². The summed E-state index contributed by atoms with van der Waals surface area (Å²) < 4.78 is 0. The van der Waals surface area contributed by atoms with Gasteiger partial charge in [-0.05, 0) is 42.4 Å². The molecular formula is C16H26BNO2. The molecule has 0 unspecified atom stereocenters. The van der Waals surface area contributed by atoms with Crippen LogP contribution in [0.3, 0.4) is 0 Å². The van der Waals surface area contributed by atoms with Gasteiger partial charge < -0.3 is 10.0 Å². The van der Waals surface area contributed by atoms with E-state index in [1.165, 1.54) is 25.7 Å². The highest BCUT2D eigenvalue weighted by molar-refractivity contribution is 6.58. The average molecular weight is 275 g/mol. The van der Waals surface area contributed by atoms with E-state index in [4.69, 9.17) is 0 Å². The molecule has 0 spiro atoms. The third-order valence-corrected chi connectivity index (χ3v) is 5.07. The van der Waals surface area contributed by atoms with Crippen molar-refractivity contribution in [2.24, 2.45) is 5.41 Å². The van der Waals surface area contributed by atoms with Crippen molar-refractivity contribution in [2.75, 3.05) is 13.1 Å². The Morgan fingerprint density at radius 2 is 1.80 bits per heavy atom. The molecular weight excluding hydrogens is 249 g/mol. The van der Waals surface area contributed by atoms with E-state index >= 15 is 0 Å². The summed E-state index contributed by atoms with van der Waals surface area (Å²) in [5.41, 5.74) is 2.30. The molecule has 0 bridgehead atoms. The van der Waals surface area contributed by atoms with Crippen LogP contribution in [0.5, 0.6) is 0 Å². The van der Waals surface area contributed by atoms with Gasteiger partial charge in [0.15, 0.2) is 0 Å². The highest BCUT2D eigenvalue weighted by atomic mass is 16.4. The first-order valence-electron chi connectivity index (χ1n) is 7.76. The molecule has 1 aliphatic rings. The van der Waals surface area contributed by atoms with Crippen LogP contribution in [0.1, 0.15) is 45.1 Å². The van der Waals surface area contributed by atoms with Crippen molar-refractivity contribution >= 4 is 12.6 Å². The SMILES string of the molecule is CCC1(CC)CCN(Cc2cccc(B(O)O)c2)CC1. The molecule has 20 heavy (non-hydrogen) atoms. The second-order valence-corrected chi connectivity index (χ2v) is 6.10. The molecule has 2 rings (SSSR count). The van der Waals surface area contributed by atoms with Crippen molar-refractivity contribution in [3.05, 3.63) is 29.8 Å². The highest BCUT2D eigenvalue weighted by Crippen LogP contribution is 2.38. The Kier molecular flexibility index (Phi) is 5.25. The highest BCUT2D eigenvalue weighted by Gasteiger charge is 2.31. The number of hydrogen-bond donors (Lipinski definition) is 2. The minimum absolute atomic E-state index is 0.555. The Morgan fingerprint density at radius 3 is 2.35 bits per heavy atom. The van der Waals surface area contributed by atoms with Crippen molar-refractivity contribution in [1.29, 1.82) is 0 Å². The Hall–Kier alpha value is -0.835. The molecule has 1 aliphatic heterocycles. The summed E-state index contributed by atoms with van der Waals surface area (Å²) in [7, 11) is -1.37. The van der Waals surface area contributed by atoms with Crippen molar-refractivity contribution in [1.82, 2.24) is 4.90 Å². The molecule has 0 aromatic heterocycles. The number of piperidine rings is 1. The molecule has 110 valence electrons. The molecule has 4 heteroatoms. The van der Waals surface area contributed by atoms with Gasteiger partial charge >= 0.3 is 7.12 Å². The van der Waals surface area contributed by atoms with Gasteiger partial charge in [-0.3, -0.25) is 4.90 Å². The van der Waals surface area contributed by atoms with Gasteiger partial charge in [0.25, 0.3) is 0 Å². The van der Waals surface area contributed by atoms with E-state index in [-0.39, 0.29) is 0 Å². The summed E-state index contributed by atoms with van der Waals surface area (Å²) in [6.45, 7) is 7.82. The minimum atomic E-state index is -1.37. The van der Waals surface area contributed by atoms with Gasteiger partial charge in [-0.2, -0.15) is 0 Å². The Morgan fingerprint density at radius 1 is 1.15 bits per heavy atom. The van der Waals surface area contributed by atoms with E-state index in [9.17, 15) is 10.0 Å². The minimum Gasteiger partial charge on any atom is -0.423 e. The Labute approximate surface area is 122 Å². The summed E-state index contributed by atoms with van der Waals surface area (Å²) >= 11 is 0. The number of hydrogen-bond acceptors (Lipinski definition) is 3. The first kappa shape index (κ1) is 15.6. The third-order valence-electron chi connectivity index (χ3n) is 5.07. The molecule has 1 fully saturated rings. The summed E-state index contributed by atoms with van der Waals surface area (Å²) in [6, 6.07) is 7.61. The predicted octanol–water partition coefficient (Wildman–Crippen LogP) is 1.77. The molecule has 3 nitrogen and oxygen atoms in total. The first-order valence-corrected chi connectivity index (χ1v) is 7.76. The lowest BCUT2D eigenvalue weighted by atomic mass is 9.74. The van der Waals surface area contributed by atoms with E-state index in [2.05, 4.69) is 24.8 Å². The zero-order chi connectivity index (χ0) is 14.6. The number of nitrogens with zero attached hydrogens (tertiary/aromatic N) is 1. The maximum Gasteiger partial charge on any atom is 0.488 e. The molecule has 0 saturated carbocycles. The van der Waals surface area contributed by atoms with Crippen LogP contribution in [-0.2, 0) is 6.54 Å². The van der Waals surface area contributed by atoms with Crippen LogP contribution in [0.4, 0.5) is 0 Å². The van der Waals surface area contributed by atoms with Crippen LogP contribution < -0.4 is 5.46 Å². The monoisotopic (exact) mass is 275 g/mol. The number of benzene rings is 1. The largest absolute Gasteiger partial charge is 0.488 e. The van der Waals surface area contributed by atoms with E-state index in [1.807, 2.05) is 12.1 Å². The quantitative estimate of drug-likeness (QED) is 0.805. The molecule has 0 radical (unpaired) electrons. The summed E-state index contributed by atoms with van der Waals surface area (Å²) in [6.07, 6.45) is 5.12. The Balaban J connectivity index is 1.94. The fourth-order valence-corrected chi connectivity index (χ4v) is 3.25. The second kappa shape index (κ2) is 6.75. The van der Waals surface area contributed by atoms with E-state index in [0.717, 1.165) is 25.2 Å². The second-order valence-electron chi connectivity index (χ2n) is 6.10. The lowest BCUT2D eigenvalue weighted by Crippen LogP contribution is -2.39. The molecule has 0 amide bonds. The maximum absolute atomic E-state index is 9.23. The van der Waals surface area contributed by atoms with Crippen molar-refractivity contribution in [2.45, 2.75) is 46.1 Å². The lowest BCUT2D eigenvalue weighted by Gasteiger charge is -2.41. The van der Waals surface area contributed by atoms with E-state index in [0.29, 0.717) is 10.9 Å². The van der Waals surface area contributed by atoms with Crippen molar-refractivity contribution in [3.63, 3.8) is 0 Å². The molecule has 0 aliphatic carbocycles. The van der Waals surface area contributed by atoms with Crippen LogP contribution in [0.25, 0.3) is 0 Å². The molecule has 2 N–H and O–H groups in total. The van der Waals surface area contributed by atoms with Gasteiger partial charge in [-0.15, -0.1) is 0 Å². The average Bonchev–Trinajstić information content (AvgIpc) is 2.49. The summed E-state index contributed by atoms with van der Waals surface area (Å²) in [5.74, 6) is 0. The zero-order valence-corrected chi connectivity index (χ0v) is 12.7. The van der Waals surface area contributed by atoms with Crippen LogP contribution >= 0.6 is 0 Å². The van der Waals surface area contributed by atoms with Gasteiger partial charge in [-0.1, -0.05) is 51.0 Å². The van der Waals surface area contributed by atoms with Crippen LogP contribution in [-0.4, -0.2) is 35.2 Å². The topological polar surface area (TPSA) is 43.7 Å². The smallest absolute Gasteiger partial charge is 0.423 e. The fourth-order valence-electron chi connectivity index (χ4n) is 3.25. The van der Waals surface area contributed by atoms with Crippen LogP contribution in [0.15, 0.2) is 24.3 Å². The molecule has 1 aromatic rings. The third kappa shape index (κ3) is 3.63. The molecule has 1 heterocycles. The zero-order valence-electron chi connectivity index (χ0n) is 12.7. The fraction of sp³-hybridized carbons (Fsp3) is 0.625. The molecule has 1 aromatic carbocycles. The van der Waals surface area contributed by atoms with Gasteiger partial charge in [0.1, 0.15) is 0 Å². The number of likely N-dealkylation sites (tertiary alicyclic amines) is 1. The maximum atomic E-state index is 9.23. The lowest BCUT2D eigenvalue weighted by molar-refractivity contribution is 0.0909. The van der Waals surface area contributed by atoms with Gasteiger partial charge in [0, 0.05) is 6.54 Å². The molecule has 0 atom stereocenters. The summed E-state index contributed by atoms with van der Waals surface area (Å²) in [5, 5.41) is 18.5. The Bertz CT molecular complexity index is 422. The van der Waals surface area contributed by atoms with Gasteiger partial charge in [-0.25, -0.2) is 0 Å².